The van der Waals surface area contributed by atoms with Crippen LogP contribution in [0.25, 0.3) is 0 Å². The molecular weight excluding hydrogens is 292 g/mol. The van der Waals surface area contributed by atoms with Gasteiger partial charge in [-0.05, 0) is 24.6 Å². The van der Waals surface area contributed by atoms with E-state index in [9.17, 15) is 9.59 Å². The van der Waals surface area contributed by atoms with Gasteiger partial charge in [-0.1, -0.05) is 12.1 Å². The molecule has 1 atom stereocenters. The van der Waals surface area contributed by atoms with Crippen LogP contribution in [0.5, 0.6) is 0 Å². The normalized spacial score (nSPS) is 17.8. The van der Waals surface area contributed by atoms with Crippen LogP contribution < -0.4 is 16.4 Å². The standard InChI is InChI=1S/C14H20N4O2.ClH/c1-10-8-16-6-7-18(10)13(19)12-4-2-11(3-5-12)9-17-14(15)20;/h2-5,10,16H,6-9H2,1H3,(H3,15,17,20);1H/t10-;/m1./s1. The van der Waals surface area contributed by atoms with E-state index in [-0.39, 0.29) is 24.4 Å². The summed E-state index contributed by atoms with van der Waals surface area (Å²) >= 11 is 0. The molecule has 0 spiro atoms. The van der Waals surface area contributed by atoms with Gasteiger partial charge < -0.3 is 21.3 Å². The summed E-state index contributed by atoms with van der Waals surface area (Å²) in [7, 11) is 0. The molecule has 0 radical (unpaired) electrons. The zero-order valence-electron chi connectivity index (χ0n) is 12.0. The molecular formula is C14H21ClN4O2. The fourth-order valence-electron chi connectivity index (χ4n) is 2.26. The fourth-order valence-corrected chi connectivity index (χ4v) is 2.26. The molecule has 0 saturated carbocycles. The molecule has 1 fully saturated rings. The van der Waals surface area contributed by atoms with Gasteiger partial charge in [0.1, 0.15) is 0 Å². The third-order valence-corrected chi connectivity index (χ3v) is 3.43. The molecule has 2 rings (SSSR count). The highest BCUT2D eigenvalue weighted by Gasteiger charge is 2.23. The third-order valence-electron chi connectivity index (χ3n) is 3.43. The van der Waals surface area contributed by atoms with E-state index in [2.05, 4.69) is 10.6 Å². The zero-order valence-corrected chi connectivity index (χ0v) is 12.8. The topological polar surface area (TPSA) is 87.5 Å². The number of carbonyl (C=O) groups is 2. The van der Waals surface area contributed by atoms with Crippen LogP contribution in [0.1, 0.15) is 22.8 Å². The number of urea groups is 1. The Hall–Kier alpha value is -1.79. The molecule has 0 unspecified atom stereocenters. The van der Waals surface area contributed by atoms with Crippen LogP contribution >= 0.6 is 12.4 Å². The van der Waals surface area contributed by atoms with Crippen molar-refractivity contribution in [2.45, 2.75) is 19.5 Å². The fraction of sp³-hybridized carbons (Fsp3) is 0.429. The minimum Gasteiger partial charge on any atom is -0.352 e. The van der Waals surface area contributed by atoms with Gasteiger partial charge in [0.2, 0.25) is 0 Å². The quantitative estimate of drug-likeness (QED) is 0.768. The average molecular weight is 313 g/mol. The van der Waals surface area contributed by atoms with E-state index in [0.29, 0.717) is 12.1 Å². The molecule has 0 aromatic heterocycles. The minimum absolute atomic E-state index is 0. The lowest BCUT2D eigenvalue weighted by Crippen LogP contribution is -2.52. The van der Waals surface area contributed by atoms with Crippen molar-refractivity contribution in [1.29, 1.82) is 0 Å². The Kier molecular flexibility index (Phi) is 6.45. The summed E-state index contributed by atoms with van der Waals surface area (Å²) in [6, 6.07) is 6.88. The summed E-state index contributed by atoms with van der Waals surface area (Å²) in [5.41, 5.74) is 6.59. The number of hydrogen-bond donors (Lipinski definition) is 3. The van der Waals surface area contributed by atoms with E-state index < -0.39 is 6.03 Å². The number of amides is 3. The van der Waals surface area contributed by atoms with Crippen LogP contribution in [0.3, 0.4) is 0 Å². The molecule has 0 aliphatic carbocycles. The van der Waals surface area contributed by atoms with Crippen molar-refractivity contribution in [1.82, 2.24) is 15.5 Å². The Balaban J connectivity index is 0.00000220. The third kappa shape index (κ3) is 4.61. The van der Waals surface area contributed by atoms with Crippen molar-refractivity contribution in [3.8, 4) is 0 Å². The smallest absolute Gasteiger partial charge is 0.312 e. The molecule has 21 heavy (non-hydrogen) atoms. The second-order valence-electron chi connectivity index (χ2n) is 4.97. The number of piperazine rings is 1. The van der Waals surface area contributed by atoms with Gasteiger partial charge in [-0.2, -0.15) is 0 Å². The first-order chi connectivity index (χ1) is 9.58. The van der Waals surface area contributed by atoms with Crippen molar-refractivity contribution >= 4 is 24.3 Å². The van der Waals surface area contributed by atoms with Gasteiger partial charge in [0.25, 0.3) is 5.91 Å². The SMILES string of the molecule is C[C@@H]1CNCCN1C(=O)c1ccc(CNC(N)=O)cc1.Cl. The number of nitrogens with two attached hydrogens (primary N) is 1. The number of hydrogen-bond acceptors (Lipinski definition) is 3. The first kappa shape index (κ1) is 17.3. The highest BCUT2D eigenvalue weighted by molar-refractivity contribution is 5.94. The molecule has 6 nitrogen and oxygen atoms in total. The average Bonchev–Trinajstić information content (AvgIpc) is 2.45. The summed E-state index contributed by atoms with van der Waals surface area (Å²) in [5.74, 6) is 0.0495. The summed E-state index contributed by atoms with van der Waals surface area (Å²) in [6.45, 7) is 4.79. The number of carbonyl (C=O) groups excluding carboxylic acids is 2. The van der Waals surface area contributed by atoms with Crippen molar-refractivity contribution in [2.75, 3.05) is 19.6 Å². The van der Waals surface area contributed by atoms with Gasteiger partial charge in [-0.3, -0.25) is 4.79 Å². The van der Waals surface area contributed by atoms with Gasteiger partial charge >= 0.3 is 6.03 Å². The predicted octanol–water partition coefficient (Wildman–Crippen LogP) is 0.711. The van der Waals surface area contributed by atoms with Gasteiger partial charge in [0.15, 0.2) is 0 Å². The van der Waals surface area contributed by atoms with E-state index in [0.717, 1.165) is 25.2 Å². The van der Waals surface area contributed by atoms with E-state index >= 15 is 0 Å². The number of nitrogens with one attached hydrogen (secondary N) is 2. The lowest BCUT2D eigenvalue weighted by molar-refractivity contribution is 0.0655. The highest BCUT2D eigenvalue weighted by atomic mass is 35.5. The lowest BCUT2D eigenvalue weighted by Gasteiger charge is -2.34. The predicted molar refractivity (Wildman–Crippen MR) is 83.5 cm³/mol. The van der Waals surface area contributed by atoms with Crippen LogP contribution in [0.15, 0.2) is 24.3 Å². The maximum Gasteiger partial charge on any atom is 0.312 e. The highest BCUT2D eigenvalue weighted by Crippen LogP contribution is 2.11. The molecule has 1 saturated heterocycles. The largest absolute Gasteiger partial charge is 0.352 e. The number of primary amides is 1. The molecule has 1 heterocycles. The molecule has 1 aromatic rings. The molecule has 7 heteroatoms. The maximum absolute atomic E-state index is 12.4. The van der Waals surface area contributed by atoms with Crippen molar-refractivity contribution in [3.63, 3.8) is 0 Å². The molecule has 116 valence electrons. The molecule has 3 amide bonds. The number of benzene rings is 1. The Morgan fingerprint density at radius 3 is 2.62 bits per heavy atom. The van der Waals surface area contributed by atoms with Crippen molar-refractivity contribution < 1.29 is 9.59 Å². The Bertz CT molecular complexity index is 492. The Morgan fingerprint density at radius 2 is 2.05 bits per heavy atom. The van der Waals surface area contributed by atoms with Crippen molar-refractivity contribution in [3.05, 3.63) is 35.4 Å². The Morgan fingerprint density at radius 1 is 1.38 bits per heavy atom. The van der Waals surface area contributed by atoms with Crippen LogP contribution in [-0.4, -0.2) is 42.5 Å². The second-order valence-corrected chi connectivity index (χ2v) is 4.97. The number of nitrogens with zero attached hydrogens (tertiary/aromatic N) is 1. The molecule has 1 aliphatic heterocycles. The van der Waals surface area contributed by atoms with Gasteiger partial charge in [0, 0.05) is 37.8 Å². The summed E-state index contributed by atoms with van der Waals surface area (Å²) in [6.07, 6.45) is 0. The Labute approximate surface area is 130 Å². The molecule has 4 N–H and O–H groups in total. The summed E-state index contributed by atoms with van der Waals surface area (Å²) in [5, 5.41) is 5.78. The number of rotatable bonds is 3. The maximum atomic E-state index is 12.4. The van der Waals surface area contributed by atoms with Crippen LogP contribution in [-0.2, 0) is 6.54 Å². The molecule has 1 aliphatic rings. The first-order valence-corrected chi connectivity index (χ1v) is 6.72. The van der Waals surface area contributed by atoms with Crippen LogP contribution in [0.4, 0.5) is 4.79 Å². The second kappa shape index (κ2) is 7.85. The van der Waals surface area contributed by atoms with E-state index in [1.165, 1.54) is 0 Å². The van der Waals surface area contributed by atoms with Gasteiger partial charge in [-0.25, -0.2) is 4.79 Å². The first-order valence-electron chi connectivity index (χ1n) is 6.72. The minimum atomic E-state index is -0.556. The van der Waals surface area contributed by atoms with Crippen LogP contribution in [0.2, 0.25) is 0 Å². The number of halogens is 1. The van der Waals surface area contributed by atoms with Crippen LogP contribution in [0, 0.1) is 0 Å². The summed E-state index contributed by atoms with van der Waals surface area (Å²) < 4.78 is 0. The molecule has 1 aromatic carbocycles. The lowest BCUT2D eigenvalue weighted by atomic mass is 10.1. The van der Waals surface area contributed by atoms with Gasteiger partial charge in [0.05, 0.1) is 0 Å². The van der Waals surface area contributed by atoms with E-state index in [4.69, 9.17) is 5.73 Å². The molecule has 0 bridgehead atoms. The summed E-state index contributed by atoms with van der Waals surface area (Å²) in [4.78, 5) is 24.9. The van der Waals surface area contributed by atoms with E-state index in [1.54, 1.807) is 12.1 Å². The monoisotopic (exact) mass is 312 g/mol. The zero-order chi connectivity index (χ0) is 14.5. The van der Waals surface area contributed by atoms with Crippen molar-refractivity contribution in [2.24, 2.45) is 5.73 Å². The van der Waals surface area contributed by atoms with Gasteiger partial charge in [-0.15, -0.1) is 12.4 Å². The van der Waals surface area contributed by atoms with E-state index in [1.807, 2.05) is 24.0 Å².